The van der Waals surface area contributed by atoms with Gasteiger partial charge in [0.25, 0.3) is 0 Å². The monoisotopic (exact) mass is 438 g/mol. The van der Waals surface area contributed by atoms with Gasteiger partial charge in [-0.1, -0.05) is 30.3 Å². The Bertz CT molecular complexity index is 1050. The fourth-order valence-electron chi connectivity index (χ4n) is 4.18. The number of hydrogen-bond acceptors (Lipinski definition) is 5. The Morgan fingerprint density at radius 1 is 1.09 bits per heavy atom. The largest absolute Gasteiger partial charge is 0.479 e. The number of fused-ring (bicyclic) bond motifs is 1. The normalized spacial score (nSPS) is 11.2. The van der Waals surface area contributed by atoms with Gasteiger partial charge in [-0.15, -0.1) is 5.10 Å². The number of benzene rings is 1. The number of carbonyl (C=O) groups excluding carboxylic acids is 1. The third-order valence-electron chi connectivity index (χ3n) is 5.96. The molecule has 7 heteroatoms. The van der Waals surface area contributed by atoms with Gasteiger partial charge in [-0.2, -0.15) is 0 Å². The molecule has 32 heavy (non-hydrogen) atoms. The Labute approximate surface area is 190 Å². The van der Waals surface area contributed by atoms with E-state index in [1.54, 1.807) is 18.9 Å². The van der Waals surface area contributed by atoms with Gasteiger partial charge in [-0.25, -0.2) is 9.67 Å². The van der Waals surface area contributed by atoms with E-state index in [9.17, 15) is 4.79 Å². The summed E-state index contributed by atoms with van der Waals surface area (Å²) in [5.74, 6) is 0.717. The molecule has 0 unspecified atom stereocenters. The maximum atomic E-state index is 13.1. The smallest absolute Gasteiger partial charge is 0.242 e. The minimum absolute atomic E-state index is 0.146. The molecule has 0 saturated carbocycles. The zero-order chi connectivity index (χ0) is 23.1. The molecular weight excluding hydrogens is 404 g/mol. The van der Waals surface area contributed by atoms with Crippen molar-refractivity contribution in [3.63, 3.8) is 0 Å². The summed E-state index contributed by atoms with van der Waals surface area (Å²) < 4.78 is 12.4. The van der Waals surface area contributed by atoms with Crippen LogP contribution in [0.25, 0.3) is 11.0 Å². The summed E-state index contributed by atoms with van der Waals surface area (Å²) in [5.41, 5.74) is 5.20. The highest BCUT2D eigenvalue weighted by Crippen LogP contribution is 2.30. The Kier molecular flexibility index (Phi) is 8.22. The molecule has 2 aromatic heterocycles. The molecule has 0 fully saturated rings. The molecule has 0 N–H and O–H groups in total. The molecule has 0 atom stereocenters. The maximum Gasteiger partial charge on any atom is 0.242 e. The van der Waals surface area contributed by atoms with Crippen molar-refractivity contribution in [3.8, 4) is 5.88 Å². The Morgan fingerprint density at radius 3 is 2.53 bits per heavy atom. The molecule has 7 nitrogen and oxygen atoms in total. The number of aryl methyl sites for hydroxylation is 4. The van der Waals surface area contributed by atoms with Crippen LogP contribution >= 0.6 is 0 Å². The van der Waals surface area contributed by atoms with Crippen LogP contribution in [-0.2, 0) is 29.4 Å². The zero-order valence-corrected chi connectivity index (χ0v) is 19.9. The van der Waals surface area contributed by atoms with E-state index < -0.39 is 0 Å². The number of hydrogen-bond donors (Lipinski definition) is 0. The lowest BCUT2D eigenvalue weighted by Crippen LogP contribution is -2.35. The lowest BCUT2D eigenvalue weighted by atomic mass is 10.00. The molecule has 1 amide bonds. The van der Waals surface area contributed by atoms with Crippen LogP contribution in [0.15, 0.2) is 30.3 Å². The summed E-state index contributed by atoms with van der Waals surface area (Å²) >= 11 is 0. The number of aromatic nitrogens is 3. The van der Waals surface area contributed by atoms with Crippen molar-refractivity contribution in [3.05, 3.63) is 52.7 Å². The van der Waals surface area contributed by atoms with Crippen LogP contribution in [-0.4, -0.2) is 59.5 Å². The van der Waals surface area contributed by atoms with Gasteiger partial charge in [-0.05, 0) is 49.8 Å². The van der Waals surface area contributed by atoms with Crippen molar-refractivity contribution in [2.45, 2.75) is 39.5 Å². The number of ether oxygens (including phenoxy) is 2. The van der Waals surface area contributed by atoms with Crippen LogP contribution in [0, 0.1) is 13.8 Å². The van der Waals surface area contributed by atoms with Gasteiger partial charge >= 0.3 is 0 Å². The van der Waals surface area contributed by atoms with Gasteiger partial charge in [0.05, 0.1) is 19.1 Å². The molecule has 3 aromatic rings. The first-order valence-electron chi connectivity index (χ1n) is 11.1. The molecule has 1 aromatic carbocycles. The average molecular weight is 439 g/mol. The van der Waals surface area contributed by atoms with Gasteiger partial charge in [0.15, 0.2) is 5.65 Å². The van der Waals surface area contributed by atoms with E-state index >= 15 is 0 Å². The molecule has 0 spiro atoms. The van der Waals surface area contributed by atoms with Crippen molar-refractivity contribution in [1.82, 2.24) is 19.7 Å². The highest BCUT2D eigenvalue weighted by molar-refractivity contribution is 5.86. The summed E-state index contributed by atoms with van der Waals surface area (Å²) in [6.07, 6.45) is 2.96. The molecule has 2 heterocycles. The van der Waals surface area contributed by atoms with E-state index in [2.05, 4.69) is 36.3 Å². The van der Waals surface area contributed by atoms with Crippen LogP contribution in [0.3, 0.4) is 0 Å². The van der Waals surface area contributed by atoms with Crippen LogP contribution in [0.1, 0.15) is 35.2 Å². The summed E-state index contributed by atoms with van der Waals surface area (Å²) in [7, 11) is 5.15. The SMILES string of the molecule is COCCN(CCCc1ccccc1)C(=O)CCc1c(C)nc2c(c(OC)nn2C)c1C. The topological polar surface area (TPSA) is 69.5 Å². The number of carbonyl (C=O) groups is 1. The van der Waals surface area contributed by atoms with E-state index in [1.165, 1.54) is 5.56 Å². The molecule has 3 rings (SSSR count). The van der Waals surface area contributed by atoms with E-state index in [0.29, 0.717) is 31.9 Å². The van der Waals surface area contributed by atoms with E-state index in [4.69, 9.17) is 14.5 Å². The minimum atomic E-state index is 0.146. The number of amides is 1. The fraction of sp³-hybridized carbons (Fsp3) is 0.480. The van der Waals surface area contributed by atoms with Crippen molar-refractivity contribution in [1.29, 1.82) is 0 Å². The lowest BCUT2D eigenvalue weighted by molar-refractivity contribution is -0.131. The first-order valence-corrected chi connectivity index (χ1v) is 11.1. The molecule has 172 valence electrons. The van der Waals surface area contributed by atoms with Gasteiger partial charge in [0.1, 0.15) is 0 Å². The quantitative estimate of drug-likeness (QED) is 0.457. The van der Waals surface area contributed by atoms with E-state index in [1.807, 2.05) is 24.9 Å². The Hall–Kier alpha value is -2.93. The van der Waals surface area contributed by atoms with E-state index in [0.717, 1.165) is 47.2 Å². The van der Waals surface area contributed by atoms with Crippen molar-refractivity contribution < 1.29 is 14.3 Å². The molecule has 0 aliphatic heterocycles. The van der Waals surface area contributed by atoms with E-state index in [-0.39, 0.29) is 5.91 Å². The van der Waals surface area contributed by atoms with Gasteiger partial charge in [-0.3, -0.25) is 4.79 Å². The predicted molar refractivity (Wildman–Crippen MR) is 126 cm³/mol. The Balaban J connectivity index is 1.69. The van der Waals surface area contributed by atoms with Crippen molar-refractivity contribution in [2.75, 3.05) is 33.9 Å². The first-order chi connectivity index (χ1) is 15.5. The minimum Gasteiger partial charge on any atom is -0.479 e. The van der Waals surface area contributed by atoms with Crippen molar-refractivity contribution in [2.24, 2.45) is 7.05 Å². The summed E-state index contributed by atoms with van der Waals surface area (Å²) in [4.78, 5) is 19.7. The summed E-state index contributed by atoms with van der Waals surface area (Å²) in [6, 6.07) is 10.4. The molecule has 0 saturated heterocycles. The average Bonchev–Trinajstić information content (AvgIpc) is 3.12. The van der Waals surface area contributed by atoms with Gasteiger partial charge < -0.3 is 14.4 Å². The third-order valence-corrected chi connectivity index (χ3v) is 5.96. The molecule has 0 bridgehead atoms. The van der Waals surface area contributed by atoms with Gasteiger partial charge in [0.2, 0.25) is 11.8 Å². The second-order valence-corrected chi connectivity index (χ2v) is 8.09. The first kappa shape index (κ1) is 23.7. The third kappa shape index (κ3) is 5.46. The number of pyridine rings is 1. The lowest BCUT2D eigenvalue weighted by Gasteiger charge is -2.23. The molecule has 0 aliphatic carbocycles. The standard InChI is InChI=1S/C25H34N4O3/c1-18-21(19(2)26-24-23(18)25(32-5)27-28(24)3)13-14-22(30)29(16-17-31-4)15-9-12-20-10-7-6-8-11-20/h6-8,10-11H,9,12-17H2,1-5H3. The number of nitrogens with zero attached hydrogens (tertiary/aromatic N) is 4. The van der Waals surface area contributed by atoms with Gasteiger partial charge in [0, 0.05) is 39.4 Å². The summed E-state index contributed by atoms with van der Waals surface area (Å²) in [5, 5.41) is 5.33. The maximum absolute atomic E-state index is 13.1. The highest BCUT2D eigenvalue weighted by Gasteiger charge is 2.20. The second kappa shape index (κ2) is 11.1. The highest BCUT2D eigenvalue weighted by atomic mass is 16.5. The molecular formula is C25H34N4O3. The van der Waals surface area contributed by atoms with Crippen LogP contribution in [0.2, 0.25) is 0 Å². The number of methoxy groups -OCH3 is 2. The van der Waals surface area contributed by atoms with Crippen LogP contribution < -0.4 is 4.74 Å². The van der Waals surface area contributed by atoms with Crippen LogP contribution in [0.5, 0.6) is 5.88 Å². The fourth-order valence-corrected chi connectivity index (χ4v) is 4.18. The number of rotatable bonds is 11. The zero-order valence-electron chi connectivity index (χ0n) is 19.9. The Morgan fingerprint density at radius 2 is 1.84 bits per heavy atom. The molecule has 0 aliphatic rings. The van der Waals surface area contributed by atoms with Crippen LogP contribution in [0.4, 0.5) is 0 Å². The predicted octanol–water partition coefficient (Wildman–Crippen LogP) is 3.63. The molecule has 0 radical (unpaired) electrons. The summed E-state index contributed by atoms with van der Waals surface area (Å²) in [6.45, 7) is 5.92. The van der Waals surface area contributed by atoms with Crippen molar-refractivity contribution >= 4 is 16.9 Å². The second-order valence-electron chi connectivity index (χ2n) is 8.09.